The molecule has 0 spiro atoms. The fraction of sp³-hybridized carbons (Fsp3) is 0.118. The first-order valence-electron chi connectivity index (χ1n) is 7.09. The molecule has 7 heteroatoms. The number of fused-ring (bicyclic) bond motifs is 1. The Morgan fingerprint density at radius 1 is 1.33 bits per heavy atom. The molecule has 0 saturated carbocycles. The van der Waals surface area contributed by atoms with Gasteiger partial charge in [-0.05, 0) is 37.3 Å². The third kappa shape index (κ3) is 2.89. The van der Waals surface area contributed by atoms with E-state index in [4.69, 9.17) is 4.42 Å². The van der Waals surface area contributed by atoms with E-state index >= 15 is 0 Å². The van der Waals surface area contributed by atoms with Crippen LogP contribution in [0.15, 0.2) is 45.7 Å². The first kappa shape index (κ1) is 15.8. The molecule has 122 valence electrons. The van der Waals surface area contributed by atoms with Crippen molar-refractivity contribution in [1.29, 1.82) is 0 Å². The first-order valence-corrected chi connectivity index (χ1v) is 7.09. The second-order valence-corrected chi connectivity index (χ2v) is 5.18. The Bertz CT molecular complexity index is 980. The molecule has 2 N–H and O–H groups in total. The Labute approximate surface area is 135 Å². The number of aliphatic hydroxyl groups excluding tert-OH is 1. The van der Waals surface area contributed by atoms with Crippen LogP contribution < -0.4 is 10.9 Å². The maximum absolute atomic E-state index is 12.9. The second kappa shape index (κ2) is 6.21. The largest absolute Gasteiger partial charge is 0.420 e. The maximum atomic E-state index is 12.9. The molecule has 0 aliphatic carbocycles. The molecule has 6 nitrogen and oxygen atoms in total. The lowest BCUT2D eigenvalue weighted by atomic mass is 10.1. The third-order valence-corrected chi connectivity index (χ3v) is 3.55. The molecular formula is C17H13FN2O4. The lowest BCUT2D eigenvalue weighted by Crippen LogP contribution is -2.21. The van der Waals surface area contributed by atoms with Crippen LogP contribution in [0, 0.1) is 12.7 Å². The van der Waals surface area contributed by atoms with Crippen LogP contribution in [0.3, 0.4) is 0 Å². The zero-order valence-electron chi connectivity index (χ0n) is 12.7. The van der Waals surface area contributed by atoms with Crippen molar-refractivity contribution in [2.75, 3.05) is 5.32 Å². The number of aryl methyl sites for hydroxylation is 1. The molecule has 2 aromatic heterocycles. The highest BCUT2D eigenvalue weighted by atomic mass is 19.1. The van der Waals surface area contributed by atoms with Crippen molar-refractivity contribution in [1.82, 2.24) is 4.98 Å². The summed E-state index contributed by atoms with van der Waals surface area (Å²) in [5, 5.41) is 12.3. The van der Waals surface area contributed by atoms with Gasteiger partial charge in [-0.25, -0.2) is 9.18 Å². The fourth-order valence-corrected chi connectivity index (χ4v) is 2.30. The highest BCUT2D eigenvalue weighted by Gasteiger charge is 2.17. The van der Waals surface area contributed by atoms with Crippen LogP contribution in [0.4, 0.5) is 10.1 Å². The molecule has 0 atom stereocenters. The number of hydrogen-bond donors (Lipinski definition) is 2. The second-order valence-electron chi connectivity index (χ2n) is 5.18. The van der Waals surface area contributed by atoms with Gasteiger partial charge < -0.3 is 14.8 Å². The van der Waals surface area contributed by atoms with Crippen molar-refractivity contribution in [2.24, 2.45) is 0 Å². The Hall–Kier alpha value is -3.06. The summed E-state index contributed by atoms with van der Waals surface area (Å²) in [5.41, 5.74) is 0.452. The SMILES string of the molecule is Cc1ncc(CO)c2cc(C(=O)Nc3ccc(F)cc3)c(=O)oc12. The number of aliphatic hydroxyl groups is 1. The summed E-state index contributed by atoms with van der Waals surface area (Å²) >= 11 is 0. The van der Waals surface area contributed by atoms with E-state index in [0.29, 0.717) is 22.3 Å². The van der Waals surface area contributed by atoms with E-state index in [9.17, 15) is 19.1 Å². The van der Waals surface area contributed by atoms with E-state index in [1.54, 1.807) is 6.92 Å². The third-order valence-electron chi connectivity index (χ3n) is 3.55. The number of rotatable bonds is 3. The minimum atomic E-state index is -0.817. The monoisotopic (exact) mass is 328 g/mol. The van der Waals surface area contributed by atoms with Crippen molar-refractivity contribution in [2.45, 2.75) is 13.5 Å². The zero-order chi connectivity index (χ0) is 17.3. The summed E-state index contributed by atoms with van der Waals surface area (Å²) in [6, 6.07) is 6.50. The molecule has 0 bridgehead atoms. The van der Waals surface area contributed by atoms with Crippen molar-refractivity contribution in [3.8, 4) is 0 Å². The minimum Gasteiger partial charge on any atom is -0.420 e. The van der Waals surface area contributed by atoms with Crippen LogP contribution >= 0.6 is 0 Å². The number of halogens is 1. The number of carbonyl (C=O) groups is 1. The van der Waals surface area contributed by atoms with Crippen LogP contribution in [-0.4, -0.2) is 16.0 Å². The van der Waals surface area contributed by atoms with Gasteiger partial charge in [0.25, 0.3) is 5.91 Å². The van der Waals surface area contributed by atoms with Crippen LogP contribution in [0.2, 0.25) is 0 Å². The Morgan fingerprint density at radius 3 is 2.71 bits per heavy atom. The van der Waals surface area contributed by atoms with E-state index in [0.717, 1.165) is 0 Å². The standard InChI is InChI=1S/C17H13FN2O4/c1-9-15-13(10(8-21)7-19-9)6-14(17(23)24-15)16(22)20-12-4-2-11(18)3-5-12/h2-7,21H,8H2,1H3,(H,20,22). The molecule has 1 aromatic carbocycles. The average Bonchev–Trinajstić information content (AvgIpc) is 2.57. The number of carbonyl (C=O) groups excluding carboxylic acids is 1. The lowest BCUT2D eigenvalue weighted by Gasteiger charge is -2.08. The molecule has 0 radical (unpaired) electrons. The van der Waals surface area contributed by atoms with E-state index in [1.165, 1.54) is 36.5 Å². The van der Waals surface area contributed by atoms with Crippen LogP contribution in [0.5, 0.6) is 0 Å². The average molecular weight is 328 g/mol. The van der Waals surface area contributed by atoms with Crippen LogP contribution in [0.1, 0.15) is 21.6 Å². The zero-order valence-corrected chi connectivity index (χ0v) is 12.7. The van der Waals surface area contributed by atoms with Crippen molar-refractivity contribution in [3.63, 3.8) is 0 Å². The molecule has 0 aliphatic rings. The smallest absolute Gasteiger partial charge is 0.349 e. The van der Waals surface area contributed by atoms with Crippen molar-refractivity contribution >= 4 is 22.6 Å². The van der Waals surface area contributed by atoms with Gasteiger partial charge in [-0.2, -0.15) is 0 Å². The molecule has 0 aliphatic heterocycles. The minimum absolute atomic E-state index is 0.216. The van der Waals surface area contributed by atoms with Gasteiger partial charge in [0.2, 0.25) is 0 Å². The molecule has 1 amide bonds. The summed E-state index contributed by atoms with van der Waals surface area (Å²) in [6.07, 6.45) is 1.46. The Kier molecular flexibility index (Phi) is 4.09. The molecule has 24 heavy (non-hydrogen) atoms. The summed E-state index contributed by atoms with van der Waals surface area (Å²) in [6.45, 7) is 1.35. The first-order chi connectivity index (χ1) is 11.5. The molecule has 0 unspecified atom stereocenters. The number of hydrogen-bond acceptors (Lipinski definition) is 5. The van der Waals surface area contributed by atoms with Gasteiger partial charge >= 0.3 is 5.63 Å². The van der Waals surface area contributed by atoms with Crippen molar-refractivity contribution in [3.05, 3.63) is 69.6 Å². The normalized spacial score (nSPS) is 10.8. The van der Waals surface area contributed by atoms with Gasteiger partial charge in [0.15, 0.2) is 5.58 Å². The van der Waals surface area contributed by atoms with E-state index < -0.39 is 17.3 Å². The number of nitrogens with zero attached hydrogens (tertiary/aromatic N) is 1. The predicted molar refractivity (Wildman–Crippen MR) is 85.3 cm³/mol. The topological polar surface area (TPSA) is 92.4 Å². The number of nitrogens with one attached hydrogen (secondary N) is 1. The van der Waals surface area contributed by atoms with E-state index in [-0.39, 0.29) is 17.8 Å². The highest BCUT2D eigenvalue weighted by molar-refractivity contribution is 6.05. The summed E-state index contributed by atoms with van der Waals surface area (Å²) in [4.78, 5) is 28.4. The van der Waals surface area contributed by atoms with Crippen LogP contribution in [0.25, 0.3) is 11.0 Å². The Morgan fingerprint density at radius 2 is 2.04 bits per heavy atom. The quantitative estimate of drug-likeness (QED) is 0.770. The number of aromatic nitrogens is 1. The van der Waals surface area contributed by atoms with Gasteiger partial charge in [0, 0.05) is 22.8 Å². The van der Waals surface area contributed by atoms with Crippen LogP contribution in [-0.2, 0) is 6.61 Å². The highest BCUT2D eigenvalue weighted by Crippen LogP contribution is 2.21. The summed E-state index contributed by atoms with van der Waals surface area (Å²) in [7, 11) is 0. The summed E-state index contributed by atoms with van der Waals surface area (Å²) < 4.78 is 18.1. The summed E-state index contributed by atoms with van der Waals surface area (Å²) in [5.74, 6) is -1.12. The number of pyridine rings is 1. The van der Waals surface area contributed by atoms with Gasteiger partial charge in [-0.1, -0.05) is 0 Å². The Balaban J connectivity index is 2.05. The molecule has 2 heterocycles. The van der Waals surface area contributed by atoms with Gasteiger partial charge in [0.05, 0.1) is 12.3 Å². The van der Waals surface area contributed by atoms with Gasteiger partial charge in [-0.15, -0.1) is 0 Å². The van der Waals surface area contributed by atoms with Gasteiger partial charge in [-0.3, -0.25) is 9.78 Å². The predicted octanol–water partition coefficient (Wildman–Crippen LogP) is 2.38. The van der Waals surface area contributed by atoms with E-state index in [2.05, 4.69) is 10.3 Å². The van der Waals surface area contributed by atoms with Crippen molar-refractivity contribution < 1.29 is 18.7 Å². The number of benzene rings is 1. The number of anilines is 1. The fourth-order valence-electron chi connectivity index (χ4n) is 2.30. The van der Waals surface area contributed by atoms with Gasteiger partial charge in [0.1, 0.15) is 11.4 Å². The molecule has 0 fully saturated rings. The molecule has 0 saturated heterocycles. The lowest BCUT2D eigenvalue weighted by molar-refractivity contribution is 0.102. The molecular weight excluding hydrogens is 315 g/mol. The maximum Gasteiger partial charge on any atom is 0.349 e. The van der Waals surface area contributed by atoms with E-state index in [1.807, 2.05) is 0 Å². The molecule has 3 rings (SSSR count). The molecule has 3 aromatic rings. The number of amides is 1.